The molecule has 0 saturated carbocycles. The molecule has 0 radical (unpaired) electrons. The van der Waals surface area contributed by atoms with E-state index < -0.39 is 0 Å². The monoisotopic (exact) mass is 521 g/mol. The van der Waals surface area contributed by atoms with Crippen LogP contribution in [0.2, 0.25) is 5.02 Å². The minimum atomic E-state index is -0.0357. The minimum absolute atomic E-state index is 0.0357. The zero-order chi connectivity index (χ0) is 26.4. The van der Waals surface area contributed by atoms with E-state index in [0.29, 0.717) is 42.5 Å². The first-order chi connectivity index (χ1) is 17.9. The number of amides is 1. The molecule has 0 fully saturated rings. The van der Waals surface area contributed by atoms with Crippen molar-refractivity contribution in [3.8, 4) is 17.2 Å². The van der Waals surface area contributed by atoms with Crippen molar-refractivity contribution in [2.75, 3.05) is 14.2 Å². The van der Waals surface area contributed by atoms with Crippen molar-refractivity contribution in [2.24, 2.45) is 5.92 Å². The van der Waals surface area contributed by atoms with Crippen LogP contribution in [0.25, 0.3) is 11.0 Å². The number of aromatic hydroxyl groups is 1. The van der Waals surface area contributed by atoms with E-state index in [1.165, 1.54) is 0 Å². The summed E-state index contributed by atoms with van der Waals surface area (Å²) >= 11 is 6.52. The average molecular weight is 522 g/mol. The zero-order valence-corrected chi connectivity index (χ0v) is 22.1. The van der Waals surface area contributed by atoms with Crippen molar-refractivity contribution in [1.82, 2.24) is 14.9 Å². The SMILES string of the molecule is COc1ccc(CC(C)CCC(=O)NCc2nc3ccccc3n2Cc2ccccc2O)c(Cl)c1OC. The Morgan fingerprint density at radius 3 is 2.57 bits per heavy atom. The number of ether oxygens (including phenoxy) is 2. The van der Waals surface area contributed by atoms with Crippen molar-refractivity contribution in [3.05, 3.63) is 82.6 Å². The molecule has 0 spiro atoms. The van der Waals surface area contributed by atoms with Crippen LogP contribution in [0.3, 0.4) is 0 Å². The fourth-order valence-electron chi connectivity index (χ4n) is 4.46. The first kappa shape index (κ1) is 26.4. The van der Waals surface area contributed by atoms with Gasteiger partial charge in [-0.1, -0.05) is 54.9 Å². The van der Waals surface area contributed by atoms with Crippen molar-refractivity contribution in [2.45, 2.75) is 39.3 Å². The molecule has 1 heterocycles. The summed E-state index contributed by atoms with van der Waals surface area (Å²) in [6.07, 6.45) is 1.83. The van der Waals surface area contributed by atoms with Gasteiger partial charge in [0.15, 0.2) is 11.5 Å². The molecular weight excluding hydrogens is 490 g/mol. The van der Waals surface area contributed by atoms with Crippen LogP contribution in [0.5, 0.6) is 17.2 Å². The number of imidazole rings is 1. The molecule has 3 aromatic carbocycles. The number of nitrogens with one attached hydrogen (secondary N) is 1. The van der Waals surface area contributed by atoms with E-state index in [4.69, 9.17) is 26.1 Å². The Bertz CT molecular complexity index is 1390. The van der Waals surface area contributed by atoms with Crippen LogP contribution in [0.1, 0.15) is 36.7 Å². The molecule has 2 N–H and O–H groups in total. The summed E-state index contributed by atoms with van der Waals surface area (Å²) in [5.74, 6) is 2.30. The third-order valence-corrected chi connectivity index (χ3v) is 6.91. The van der Waals surface area contributed by atoms with Gasteiger partial charge in [-0.05, 0) is 48.6 Å². The van der Waals surface area contributed by atoms with Gasteiger partial charge in [0.1, 0.15) is 11.6 Å². The van der Waals surface area contributed by atoms with Crippen LogP contribution in [-0.2, 0) is 24.3 Å². The number of phenolic OH excluding ortho intramolecular Hbond substituents is 1. The maximum absolute atomic E-state index is 12.7. The molecule has 7 nitrogen and oxygen atoms in total. The summed E-state index contributed by atoms with van der Waals surface area (Å²) in [6, 6.07) is 18.9. The minimum Gasteiger partial charge on any atom is -0.508 e. The Morgan fingerprint density at radius 1 is 1.05 bits per heavy atom. The molecular formula is C29H32ClN3O4. The van der Waals surface area contributed by atoms with Crippen LogP contribution in [0, 0.1) is 5.92 Å². The average Bonchev–Trinajstić information content (AvgIpc) is 3.25. The highest BCUT2D eigenvalue weighted by Crippen LogP contribution is 2.38. The highest BCUT2D eigenvalue weighted by molar-refractivity contribution is 6.33. The first-order valence-electron chi connectivity index (χ1n) is 12.3. The molecule has 4 rings (SSSR count). The number of hydrogen-bond acceptors (Lipinski definition) is 5. The number of halogens is 1. The number of carbonyl (C=O) groups is 1. The Morgan fingerprint density at radius 2 is 1.81 bits per heavy atom. The molecule has 1 aromatic heterocycles. The summed E-state index contributed by atoms with van der Waals surface area (Å²) in [5, 5.41) is 13.8. The van der Waals surface area contributed by atoms with E-state index in [2.05, 4.69) is 12.2 Å². The van der Waals surface area contributed by atoms with Gasteiger partial charge >= 0.3 is 0 Å². The van der Waals surface area contributed by atoms with E-state index in [1.807, 2.05) is 53.1 Å². The number of phenols is 1. The van der Waals surface area contributed by atoms with E-state index in [1.54, 1.807) is 26.4 Å². The van der Waals surface area contributed by atoms with Gasteiger partial charge in [-0.15, -0.1) is 0 Å². The summed E-state index contributed by atoms with van der Waals surface area (Å²) in [6.45, 7) is 2.87. The predicted molar refractivity (Wildman–Crippen MR) is 145 cm³/mol. The molecule has 1 atom stereocenters. The smallest absolute Gasteiger partial charge is 0.220 e. The predicted octanol–water partition coefficient (Wildman–Crippen LogP) is 5.74. The highest BCUT2D eigenvalue weighted by Gasteiger charge is 2.17. The maximum Gasteiger partial charge on any atom is 0.220 e. The van der Waals surface area contributed by atoms with Crippen molar-refractivity contribution < 1.29 is 19.4 Å². The van der Waals surface area contributed by atoms with Crippen LogP contribution < -0.4 is 14.8 Å². The standard InChI is InChI=1S/C29H32ClN3O4/c1-19(16-20-13-14-25(36-2)29(37-3)28(20)30)12-15-27(35)31-17-26-32-22-9-5-6-10-23(22)33(26)18-21-8-4-7-11-24(21)34/h4-11,13-14,19,34H,12,15-18H2,1-3H3,(H,31,35). The van der Waals surface area contributed by atoms with E-state index in [0.717, 1.165) is 34.4 Å². The number of para-hydroxylation sites is 3. The van der Waals surface area contributed by atoms with E-state index in [9.17, 15) is 9.90 Å². The maximum atomic E-state index is 12.7. The fraction of sp³-hybridized carbons (Fsp3) is 0.310. The number of benzene rings is 3. The Balaban J connectivity index is 1.37. The van der Waals surface area contributed by atoms with Crippen LogP contribution in [0.4, 0.5) is 0 Å². The summed E-state index contributed by atoms with van der Waals surface area (Å²) in [7, 11) is 3.15. The van der Waals surface area contributed by atoms with Gasteiger partial charge in [0, 0.05) is 12.0 Å². The fourth-order valence-corrected chi connectivity index (χ4v) is 4.77. The normalized spacial score (nSPS) is 11.9. The van der Waals surface area contributed by atoms with Crippen LogP contribution in [-0.4, -0.2) is 34.8 Å². The number of fused-ring (bicyclic) bond motifs is 1. The first-order valence-corrected chi connectivity index (χ1v) is 12.7. The second-order valence-corrected chi connectivity index (χ2v) is 9.51. The van der Waals surface area contributed by atoms with Gasteiger partial charge in [0.25, 0.3) is 0 Å². The lowest BCUT2D eigenvalue weighted by Crippen LogP contribution is -2.25. The molecule has 0 bridgehead atoms. The Kier molecular flexibility index (Phi) is 8.56. The molecule has 0 aliphatic rings. The van der Waals surface area contributed by atoms with Crippen molar-refractivity contribution >= 4 is 28.5 Å². The number of rotatable bonds is 11. The Labute approximate surface area is 222 Å². The lowest BCUT2D eigenvalue weighted by molar-refractivity contribution is -0.121. The summed E-state index contributed by atoms with van der Waals surface area (Å²) < 4.78 is 12.7. The van der Waals surface area contributed by atoms with E-state index in [-0.39, 0.29) is 17.6 Å². The van der Waals surface area contributed by atoms with Gasteiger partial charge in [-0.25, -0.2) is 4.98 Å². The lowest BCUT2D eigenvalue weighted by Gasteiger charge is -2.16. The van der Waals surface area contributed by atoms with Gasteiger partial charge in [0.05, 0.1) is 43.4 Å². The molecule has 0 saturated heterocycles. The second kappa shape index (κ2) is 12.0. The zero-order valence-electron chi connectivity index (χ0n) is 21.3. The highest BCUT2D eigenvalue weighted by atomic mass is 35.5. The molecule has 0 aliphatic heterocycles. The molecule has 194 valence electrons. The van der Waals surface area contributed by atoms with E-state index >= 15 is 0 Å². The number of methoxy groups -OCH3 is 2. The van der Waals surface area contributed by atoms with Gasteiger partial charge in [-0.2, -0.15) is 0 Å². The molecule has 8 heteroatoms. The molecule has 1 unspecified atom stereocenters. The molecule has 0 aliphatic carbocycles. The number of carbonyl (C=O) groups excluding carboxylic acids is 1. The third-order valence-electron chi connectivity index (χ3n) is 6.49. The quantitative estimate of drug-likeness (QED) is 0.263. The van der Waals surface area contributed by atoms with Gasteiger partial charge in [0.2, 0.25) is 5.91 Å². The molecule has 37 heavy (non-hydrogen) atoms. The molecule has 4 aromatic rings. The number of hydrogen-bond donors (Lipinski definition) is 2. The van der Waals surface area contributed by atoms with Gasteiger partial charge < -0.3 is 24.5 Å². The van der Waals surface area contributed by atoms with Crippen molar-refractivity contribution in [1.29, 1.82) is 0 Å². The number of nitrogens with zero attached hydrogens (tertiary/aromatic N) is 2. The Hall–Kier alpha value is -3.71. The second-order valence-electron chi connectivity index (χ2n) is 9.13. The topological polar surface area (TPSA) is 85.6 Å². The van der Waals surface area contributed by atoms with Crippen molar-refractivity contribution in [3.63, 3.8) is 0 Å². The largest absolute Gasteiger partial charge is 0.508 e. The summed E-state index contributed by atoms with van der Waals surface area (Å²) in [4.78, 5) is 17.4. The van der Waals surface area contributed by atoms with Crippen LogP contribution in [0.15, 0.2) is 60.7 Å². The number of aromatic nitrogens is 2. The summed E-state index contributed by atoms with van der Waals surface area (Å²) in [5.41, 5.74) is 3.56. The lowest BCUT2D eigenvalue weighted by atomic mass is 9.96. The van der Waals surface area contributed by atoms with Crippen LogP contribution >= 0.6 is 11.6 Å². The van der Waals surface area contributed by atoms with Gasteiger partial charge in [-0.3, -0.25) is 4.79 Å². The third kappa shape index (κ3) is 6.17. The molecule has 1 amide bonds.